The predicted octanol–water partition coefficient (Wildman–Crippen LogP) is 1.13. The molecule has 0 spiro atoms. The Balaban J connectivity index is 2.83. The summed E-state index contributed by atoms with van der Waals surface area (Å²) in [6.07, 6.45) is 8.83. The lowest BCUT2D eigenvalue weighted by molar-refractivity contribution is -0.113. The SMILES string of the molecule is CC(=O)C1=CC=CNC=C1. The van der Waals surface area contributed by atoms with E-state index in [2.05, 4.69) is 5.32 Å². The van der Waals surface area contributed by atoms with Crippen LogP contribution in [0.5, 0.6) is 0 Å². The van der Waals surface area contributed by atoms with Crippen LogP contribution in [-0.2, 0) is 4.79 Å². The van der Waals surface area contributed by atoms with Gasteiger partial charge in [-0.05, 0) is 25.2 Å². The van der Waals surface area contributed by atoms with Crippen molar-refractivity contribution in [3.05, 3.63) is 36.2 Å². The van der Waals surface area contributed by atoms with E-state index >= 15 is 0 Å². The van der Waals surface area contributed by atoms with Gasteiger partial charge >= 0.3 is 0 Å². The summed E-state index contributed by atoms with van der Waals surface area (Å²) in [6.45, 7) is 1.55. The fourth-order valence-corrected chi connectivity index (χ4v) is 0.691. The number of ketones is 1. The molecule has 1 aliphatic rings. The molecule has 1 heterocycles. The standard InChI is InChI=1S/C8H9NO/c1-7(10)8-3-2-5-9-6-4-8/h2-6,9H,1H3. The topological polar surface area (TPSA) is 29.1 Å². The Labute approximate surface area is 59.9 Å². The lowest BCUT2D eigenvalue weighted by Crippen LogP contribution is -1.93. The summed E-state index contributed by atoms with van der Waals surface area (Å²) in [6, 6.07) is 0. The van der Waals surface area contributed by atoms with Crippen LogP contribution in [0, 0.1) is 0 Å². The second-order valence-corrected chi connectivity index (χ2v) is 2.04. The largest absolute Gasteiger partial charge is 0.368 e. The fourth-order valence-electron chi connectivity index (χ4n) is 0.691. The molecule has 2 nitrogen and oxygen atoms in total. The Bertz CT molecular complexity index is 223. The molecule has 10 heavy (non-hydrogen) atoms. The minimum atomic E-state index is 0.0876. The molecule has 0 atom stereocenters. The lowest BCUT2D eigenvalue weighted by atomic mass is 10.2. The normalized spacial score (nSPS) is 15.5. The van der Waals surface area contributed by atoms with Crippen LogP contribution >= 0.6 is 0 Å². The van der Waals surface area contributed by atoms with Gasteiger partial charge in [-0.1, -0.05) is 0 Å². The number of Topliss-reactive ketones (excluding diaryl/α,β-unsaturated/α-hetero) is 1. The van der Waals surface area contributed by atoms with Gasteiger partial charge < -0.3 is 5.32 Å². The van der Waals surface area contributed by atoms with Crippen molar-refractivity contribution >= 4 is 5.78 Å². The van der Waals surface area contributed by atoms with E-state index < -0.39 is 0 Å². The molecule has 0 aromatic rings. The molecule has 0 bridgehead atoms. The Morgan fingerprint density at radius 1 is 1.50 bits per heavy atom. The molecule has 0 aromatic carbocycles. The number of hydrogen-bond acceptors (Lipinski definition) is 2. The van der Waals surface area contributed by atoms with Crippen LogP contribution in [0.1, 0.15) is 6.92 Å². The average molecular weight is 135 g/mol. The highest BCUT2D eigenvalue weighted by Crippen LogP contribution is 2.00. The van der Waals surface area contributed by atoms with Crippen LogP contribution < -0.4 is 5.32 Å². The summed E-state index contributed by atoms with van der Waals surface area (Å²) < 4.78 is 0. The van der Waals surface area contributed by atoms with Gasteiger partial charge in [-0.2, -0.15) is 0 Å². The molecule has 0 aromatic heterocycles. The zero-order valence-corrected chi connectivity index (χ0v) is 5.79. The molecule has 0 unspecified atom stereocenters. The summed E-state index contributed by atoms with van der Waals surface area (Å²) in [5, 5.41) is 2.87. The van der Waals surface area contributed by atoms with Crippen molar-refractivity contribution in [3.63, 3.8) is 0 Å². The summed E-state index contributed by atoms with van der Waals surface area (Å²) in [4.78, 5) is 10.8. The van der Waals surface area contributed by atoms with Gasteiger partial charge in [0.1, 0.15) is 0 Å². The van der Waals surface area contributed by atoms with Crippen LogP contribution in [0.4, 0.5) is 0 Å². The maximum absolute atomic E-state index is 10.8. The van der Waals surface area contributed by atoms with E-state index in [0.29, 0.717) is 0 Å². The van der Waals surface area contributed by atoms with Crippen LogP contribution in [0.15, 0.2) is 36.2 Å². The average Bonchev–Trinajstić information content (AvgIpc) is 2.12. The van der Waals surface area contributed by atoms with Crippen molar-refractivity contribution < 1.29 is 4.79 Å². The first-order chi connectivity index (χ1) is 4.80. The van der Waals surface area contributed by atoms with Gasteiger partial charge in [-0.3, -0.25) is 4.79 Å². The molecular formula is C8H9NO. The van der Waals surface area contributed by atoms with Crippen LogP contribution in [0.25, 0.3) is 0 Å². The summed E-state index contributed by atoms with van der Waals surface area (Å²) in [5.41, 5.74) is 0.723. The number of nitrogens with one attached hydrogen (secondary N) is 1. The minimum absolute atomic E-state index is 0.0876. The van der Waals surface area contributed by atoms with Gasteiger partial charge in [0.05, 0.1) is 0 Å². The van der Waals surface area contributed by atoms with Gasteiger partial charge in [0.2, 0.25) is 0 Å². The summed E-state index contributed by atoms with van der Waals surface area (Å²) >= 11 is 0. The van der Waals surface area contributed by atoms with E-state index in [1.807, 2.05) is 0 Å². The minimum Gasteiger partial charge on any atom is -0.368 e. The number of carbonyl (C=O) groups excluding carboxylic acids is 1. The molecule has 2 heteroatoms. The third-order valence-corrected chi connectivity index (χ3v) is 1.23. The van der Waals surface area contributed by atoms with Crippen molar-refractivity contribution in [3.8, 4) is 0 Å². The van der Waals surface area contributed by atoms with E-state index in [9.17, 15) is 4.79 Å². The third kappa shape index (κ3) is 1.58. The molecule has 0 fully saturated rings. The Morgan fingerprint density at radius 2 is 2.30 bits per heavy atom. The van der Waals surface area contributed by atoms with Gasteiger partial charge in [0.15, 0.2) is 5.78 Å². The van der Waals surface area contributed by atoms with Crippen LogP contribution in [0.3, 0.4) is 0 Å². The smallest absolute Gasteiger partial charge is 0.159 e. The molecule has 0 amide bonds. The Hall–Kier alpha value is -1.31. The number of allylic oxidation sites excluding steroid dienone is 4. The van der Waals surface area contributed by atoms with E-state index in [-0.39, 0.29) is 5.78 Å². The van der Waals surface area contributed by atoms with Crippen molar-refractivity contribution in [2.45, 2.75) is 6.92 Å². The van der Waals surface area contributed by atoms with Gasteiger partial charge in [-0.25, -0.2) is 0 Å². The van der Waals surface area contributed by atoms with E-state index in [0.717, 1.165) is 5.57 Å². The molecule has 0 aliphatic carbocycles. The molecule has 1 N–H and O–H groups in total. The molecule has 0 saturated heterocycles. The van der Waals surface area contributed by atoms with Crippen molar-refractivity contribution in [1.82, 2.24) is 5.32 Å². The molecule has 0 saturated carbocycles. The second-order valence-electron chi connectivity index (χ2n) is 2.04. The first-order valence-electron chi connectivity index (χ1n) is 3.11. The molecule has 1 aliphatic heterocycles. The maximum Gasteiger partial charge on any atom is 0.159 e. The quantitative estimate of drug-likeness (QED) is 0.584. The molecular weight excluding hydrogens is 126 g/mol. The van der Waals surface area contributed by atoms with Gasteiger partial charge in [0.25, 0.3) is 0 Å². The third-order valence-electron chi connectivity index (χ3n) is 1.23. The summed E-state index contributed by atoms with van der Waals surface area (Å²) in [5.74, 6) is 0.0876. The maximum atomic E-state index is 10.8. The highest BCUT2D eigenvalue weighted by Gasteiger charge is 1.97. The first-order valence-corrected chi connectivity index (χ1v) is 3.11. The first kappa shape index (κ1) is 6.81. The lowest BCUT2D eigenvalue weighted by Gasteiger charge is -1.89. The molecule has 0 radical (unpaired) electrons. The monoisotopic (exact) mass is 135 g/mol. The second kappa shape index (κ2) is 3.01. The van der Waals surface area contributed by atoms with E-state index in [1.165, 1.54) is 0 Å². The molecule has 1 rings (SSSR count). The molecule has 52 valence electrons. The Kier molecular flexibility index (Phi) is 2.05. The van der Waals surface area contributed by atoms with E-state index in [4.69, 9.17) is 0 Å². The highest BCUT2D eigenvalue weighted by atomic mass is 16.1. The van der Waals surface area contributed by atoms with E-state index in [1.54, 1.807) is 37.6 Å². The van der Waals surface area contributed by atoms with Gasteiger partial charge in [0, 0.05) is 18.0 Å². The van der Waals surface area contributed by atoms with Crippen LogP contribution in [0.2, 0.25) is 0 Å². The summed E-state index contributed by atoms with van der Waals surface area (Å²) in [7, 11) is 0. The Morgan fingerprint density at radius 3 is 3.00 bits per heavy atom. The van der Waals surface area contributed by atoms with Gasteiger partial charge in [-0.15, -0.1) is 0 Å². The van der Waals surface area contributed by atoms with Crippen LogP contribution in [-0.4, -0.2) is 5.78 Å². The number of carbonyl (C=O) groups is 1. The number of rotatable bonds is 1. The van der Waals surface area contributed by atoms with Crippen molar-refractivity contribution in [1.29, 1.82) is 0 Å². The number of hydrogen-bond donors (Lipinski definition) is 1. The highest BCUT2D eigenvalue weighted by molar-refractivity contribution is 5.96. The van der Waals surface area contributed by atoms with Crippen molar-refractivity contribution in [2.24, 2.45) is 0 Å². The predicted molar refractivity (Wildman–Crippen MR) is 40.2 cm³/mol. The zero-order chi connectivity index (χ0) is 7.40. The van der Waals surface area contributed by atoms with Crippen molar-refractivity contribution in [2.75, 3.05) is 0 Å². The fraction of sp³-hybridized carbons (Fsp3) is 0.125. The zero-order valence-electron chi connectivity index (χ0n) is 5.79.